The molecular formula is C20H16B2O. The first-order valence-electron chi connectivity index (χ1n) is 7.93. The van der Waals surface area contributed by atoms with Gasteiger partial charge in [-0.25, -0.2) is 0 Å². The molecule has 0 unspecified atom stereocenters. The van der Waals surface area contributed by atoms with E-state index in [1.165, 1.54) is 32.5 Å². The van der Waals surface area contributed by atoms with E-state index in [0.717, 1.165) is 0 Å². The highest BCUT2D eigenvalue weighted by Crippen LogP contribution is 2.11. The van der Waals surface area contributed by atoms with E-state index in [4.69, 9.17) is 4.57 Å². The molecule has 0 bridgehead atoms. The smallest absolute Gasteiger partial charge is 0.292 e. The molecule has 1 nitrogen and oxygen atoms in total. The summed E-state index contributed by atoms with van der Waals surface area (Å²) in [5.74, 6) is 0. The molecule has 0 aliphatic rings. The quantitative estimate of drug-likeness (QED) is 0.526. The molecule has 0 aromatic heterocycles. The van der Waals surface area contributed by atoms with Gasteiger partial charge in [-0.3, -0.25) is 0 Å². The van der Waals surface area contributed by atoms with Gasteiger partial charge in [-0.05, 0) is 32.5 Å². The molecule has 0 radical (unpaired) electrons. The largest absolute Gasteiger partial charge is 0.497 e. The Balaban J connectivity index is 1.55. The second-order valence-electron chi connectivity index (χ2n) is 5.77. The van der Waals surface area contributed by atoms with Crippen LogP contribution in [-0.2, 0) is 4.57 Å². The molecule has 0 N–H and O–H groups in total. The van der Waals surface area contributed by atoms with Gasteiger partial charge in [0.1, 0.15) is 0 Å². The number of hydrogen-bond donors (Lipinski definition) is 0. The van der Waals surface area contributed by atoms with E-state index in [1.807, 2.05) is 0 Å². The van der Waals surface area contributed by atoms with E-state index in [2.05, 4.69) is 84.9 Å². The van der Waals surface area contributed by atoms with Crippen molar-refractivity contribution in [2.75, 3.05) is 0 Å². The first-order chi connectivity index (χ1) is 11.4. The summed E-state index contributed by atoms with van der Waals surface area (Å²) in [4.78, 5) is 0. The average molecular weight is 294 g/mol. The molecule has 0 fully saturated rings. The summed E-state index contributed by atoms with van der Waals surface area (Å²) >= 11 is 0. The van der Waals surface area contributed by atoms with E-state index < -0.39 is 0 Å². The highest BCUT2D eigenvalue weighted by molar-refractivity contribution is 6.63. The van der Waals surface area contributed by atoms with Crippen molar-refractivity contribution in [3.05, 3.63) is 84.9 Å². The summed E-state index contributed by atoms with van der Waals surface area (Å²) in [7, 11) is 1.26. The maximum atomic E-state index is 6.02. The third-order valence-electron chi connectivity index (χ3n) is 4.28. The number of rotatable bonds is 4. The van der Waals surface area contributed by atoms with Crippen molar-refractivity contribution in [2.45, 2.75) is 0 Å². The number of benzene rings is 4. The Bertz CT molecular complexity index is 876. The minimum absolute atomic E-state index is 0.630. The van der Waals surface area contributed by atoms with Crippen LogP contribution in [-0.4, -0.2) is 15.0 Å². The summed E-state index contributed by atoms with van der Waals surface area (Å²) in [5.41, 5.74) is 2.48. The molecule has 4 aromatic rings. The van der Waals surface area contributed by atoms with E-state index in [1.54, 1.807) is 0 Å². The SMILES string of the molecule is B(OBc1cccc2ccccc12)c1cccc2ccccc12. The Morgan fingerprint density at radius 3 is 1.43 bits per heavy atom. The van der Waals surface area contributed by atoms with Gasteiger partial charge in [-0.15, -0.1) is 0 Å². The Labute approximate surface area is 137 Å². The van der Waals surface area contributed by atoms with E-state index in [9.17, 15) is 0 Å². The van der Waals surface area contributed by atoms with Crippen LogP contribution in [0.5, 0.6) is 0 Å². The summed E-state index contributed by atoms with van der Waals surface area (Å²) in [5, 5.41) is 5.07. The fourth-order valence-corrected chi connectivity index (χ4v) is 3.11. The zero-order chi connectivity index (χ0) is 15.5. The summed E-state index contributed by atoms with van der Waals surface area (Å²) in [6, 6.07) is 29.7. The van der Waals surface area contributed by atoms with Crippen LogP contribution in [0.1, 0.15) is 0 Å². The zero-order valence-electron chi connectivity index (χ0n) is 12.9. The molecule has 0 saturated carbocycles. The predicted molar refractivity (Wildman–Crippen MR) is 103 cm³/mol. The lowest BCUT2D eigenvalue weighted by atomic mass is 9.77. The molecule has 0 heterocycles. The van der Waals surface area contributed by atoms with Gasteiger partial charge < -0.3 is 4.57 Å². The molecule has 23 heavy (non-hydrogen) atoms. The Morgan fingerprint density at radius 2 is 0.913 bits per heavy atom. The molecule has 0 amide bonds. The van der Waals surface area contributed by atoms with Gasteiger partial charge in [0.25, 0.3) is 15.0 Å². The van der Waals surface area contributed by atoms with Gasteiger partial charge in [-0.2, -0.15) is 0 Å². The fraction of sp³-hybridized carbons (Fsp3) is 0. The lowest BCUT2D eigenvalue weighted by Gasteiger charge is -2.08. The van der Waals surface area contributed by atoms with Crippen LogP contribution in [0.2, 0.25) is 0 Å². The molecular weight excluding hydrogens is 278 g/mol. The van der Waals surface area contributed by atoms with Crippen molar-refractivity contribution in [2.24, 2.45) is 0 Å². The van der Waals surface area contributed by atoms with Crippen molar-refractivity contribution in [3.63, 3.8) is 0 Å². The molecule has 0 spiro atoms. The summed E-state index contributed by atoms with van der Waals surface area (Å²) in [6.07, 6.45) is 0. The van der Waals surface area contributed by atoms with E-state index >= 15 is 0 Å². The molecule has 3 heteroatoms. The highest BCUT2D eigenvalue weighted by atomic mass is 16.4. The van der Waals surface area contributed by atoms with Crippen LogP contribution in [0.4, 0.5) is 0 Å². The van der Waals surface area contributed by atoms with Crippen molar-refractivity contribution < 1.29 is 4.57 Å². The first kappa shape index (κ1) is 14.1. The van der Waals surface area contributed by atoms with Crippen LogP contribution >= 0.6 is 0 Å². The molecule has 4 aromatic carbocycles. The molecule has 0 saturated heterocycles. The van der Waals surface area contributed by atoms with Crippen LogP contribution in [0.25, 0.3) is 21.5 Å². The fourth-order valence-electron chi connectivity index (χ4n) is 3.11. The lowest BCUT2D eigenvalue weighted by molar-refractivity contribution is 0.664. The molecule has 0 atom stereocenters. The third-order valence-corrected chi connectivity index (χ3v) is 4.28. The topological polar surface area (TPSA) is 9.23 Å². The van der Waals surface area contributed by atoms with Crippen LogP contribution < -0.4 is 10.9 Å². The molecule has 4 rings (SSSR count). The lowest BCUT2D eigenvalue weighted by Crippen LogP contribution is -2.26. The maximum absolute atomic E-state index is 6.02. The minimum atomic E-state index is 0.630. The first-order valence-corrected chi connectivity index (χ1v) is 7.93. The molecule has 108 valence electrons. The average Bonchev–Trinajstić information content (AvgIpc) is 2.62. The van der Waals surface area contributed by atoms with Gasteiger partial charge in [0, 0.05) is 0 Å². The molecule has 0 aliphatic carbocycles. The van der Waals surface area contributed by atoms with Gasteiger partial charge >= 0.3 is 0 Å². The van der Waals surface area contributed by atoms with Gasteiger partial charge in [-0.1, -0.05) is 84.9 Å². The van der Waals surface area contributed by atoms with Gasteiger partial charge in [0.15, 0.2) is 0 Å². The monoisotopic (exact) mass is 294 g/mol. The predicted octanol–water partition coefficient (Wildman–Crippen LogP) is 2.66. The second kappa shape index (κ2) is 6.31. The number of hydrogen-bond acceptors (Lipinski definition) is 1. The minimum Gasteiger partial charge on any atom is -0.497 e. The highest BCUT2D eigenvalue weighted by Gasteiger charge is 2.06. The van der Waals surface area contributed by atoms with Crippen molar-refractivity contribution in [3.8, 4) is 0 Å². The standard InChI is InChI=1S/C20H16B2O/c1-3-11-17-15(7-1)9-5-13-19(17)21-23-22-20-14-6-10-16-8-2-4-12-18(16)20/h1-14,21-22H. The van der Waals surface area contributed by atoms with Gasteiger partial charge in [0.05, 0.1) is 0 Å². The van der Waals surface area contributed by atoms with Crippen LogP contribution in [0.15, 0.2) is 84.9 Å². The molecule has 0 aliphatic heterocycles. The number of fused-ring (bicyclic) bond motifs is 2. The Hall–Kier alpha value is -2.51. The normalized spacial score (nSPS) is 10.8. The Morgan fingerprint density at radius 1 is 0.478 bits per heavy atom. The van der Waals surface area contributed by atoms with Crippen LogP contribution in [0.3, 0.4) is 0 Å². The van der Waals surface area contributed by atoms with Crippen LogP contribution in [0, 0.1) is 0 Å². The summed E-state index contributed by atoms with van der Waals surface area (Å²) in [6.45, 7) is 0. The maximum Gasteiger partial charge on any atom is 0.292 e. The summed E-state index contributed by atoms with van der Waals surface area (Å²) < 4.78 is 6.02. The van der Waals surface area contributed by atoms with Gasteiger partial charge in [0.2, 0.25) is 0 Å². The second-order valence-corrected chi connectivity index (χ2v) is 5.77. The van der Waals surface area contributed by atoms with Crippen molar-refractivity contribution in [1.82, 2.24) is 0 Å². The van der Waals surface area contributed by atoms with E-state index in [0.29, 0.717) is 15.0 Å². The Kier molecular flexibility index (Phi) is 3.87. The third kappa shape index (κ3) is 2.88. The van der Waals surface area contributed by atoms with E-state index in [-0.39, 0.29) is 0 Å². The van der Waals surface area contributed by atoms with Crippen molar-refractivity contribution in [1.29, 1.82) is 0 Å². The zero-order valence-corrected chi connectivity index (χ0v) is 12.9. The van der Waals surface area contributed by atoms with Crippen molar-refractivity contribution >= 4 is 47.4 Å².